The molecule has 0 saturated heterocycles. The number of carbonyl (C=O) groups excluding carboxylic acids is 1. The smallest absolute Gasteiger partial charge is 0.265 e. The highest BCUT2D eigenvalue weighted by Crippen LogP contribution is 2.42. The second-order valence-electron chi connectivity index (χ2n) is 4.70. The van der Waals surface area contributed by atoms with Crippen LogP contribution in [0.1, 0.15) is 12.5 Å². The molecule has 2 aromatic rings. The summed E-state index contributed by atoms with van der Waals surface area (Å²) in [5.41, 5.74) is 9.39. The van der Waals surface area contributed by atoms with Crippen LogP contribution in [-0.2, 0) is 4.79 Å². The molecule has 1 aliphatic rings. The number of nitrogens with two attached hydrogens (primary N) is 1. The summed E-state index contributed by atoms with van der Waals surface area (Å²) in [6.45, 7) is 1.74. The van der Waals surface area contributed by atoms with E-state index in [4.69, 9.17) is 17.3 Å². The lowest BCUT2D eigenvalue weighted by Gasteiger charge is -2.17. The fraction of sp³-hybridized carbons (Fsp3) is 0.0625. The summed E-state index contributed by atoms with van der Waals surface area (Å²) >= 11 is 6.02. The van der Waals surface area contributed by atoms with Gasteiger partial charge in [-0.1, -0.05) is 35.9 Å². The molecule has 20 heavy (non-hydrogen) atoms. The van der Waals surface area contributed by atoms with Gasteiger partial charge in [0.1, 0.15) is 0 Å². The minimum atomic E-state index is -0.117. The topological polar surface area (TPSA) is 46.3 Å². The molecule has 4 heteroatoms. The number of halogens is 1. The zero-order chi connectivity index (χ0) is 14.3. The number of amides is 1. The van der Waals surface area contributed by atoms with Gasteiger partial charge in [0.05, 0.1) is 16.9 Å². The molecule has 0 saturated carbocycles. The largest absolute Gasteiger partial charge is 0.402 e. The van der Waals surface area contributed by atoms with Crippen molar-refractivity contribution in [1.82, 2.24) is 0 Å². The number of fused-ring (bicyclic) bond motifs is 1. The summed E-state index contributed by atoms with van der Waals surface area (Å²) in [5, 5.41) is 0.592. The Bertz CT molecular complexity index is 733. The van der Waals surface area contributed by atoms with Crippen LogP contribution in [0, 0.1) is 0 Å². The van der Waals surface area contributed by atoms with Gasteiger partial charge in [0.2, 0.25) is 0 Å². The highest BCUT2D eigenvalue weighted by Gasteiger charge is 2.34. The zero-order valence-electron chi connectivity index (χ0n) is 10.9. The van der Waals surface area contributed by atoms with Crippen molar-refractivity contribution in [3.8, 4) is 0 Å². The minimum Gasteiger partial charge on any atom is -0.402 e. The average molecular weight is 285 g/mol. The van der Waals surface area contributed by atoms with Crippen LogP contribution >= 0.6 is 11.6 Å². The van der Waals surface area contributed by atoms with Gasteiger partial charge in [-0.3, -0.25) is 9.69 Å². The Morgan fingerprint density at radius 2 is 1.90 bits per heavy atom. The Hall–Kier alpha value is -2.26. The van der Waals surface area contributed by atoms with Crippen molar-refractivity contribution in [2.24, 2.45) is 5.73 Å². The van der Waals surface area contributed by atoms with E-state index in [1.165, 1.54) is 0 Å². The van der Waals surface area contributed by atoms with E-state index in [1.54, 1.807) is 24.0 Å². The molecule has 3 nitrogen and oxygen atoms in total. The van der Waals surface area contributed by atoms with Crippen LogP contribution in [-0.4, -0.2) is 5.91 Å². The lowest BCUT2D eigenvalue weighted by Crippen LogP contribution is -2.21. The van der Waals surface area contributed by atoms with E-state index < -0.39 is 0 Å². The third kappa shape index (κ3) is 1.87. The maximum atomic E-state index is 12.7. The molecule has 1 amide bonds. The molecular weight excluding hydrogens is 272 g/mol. The standard InChI is InChI=1S/C16H13ClN2O/c1-10(18)15-13-7-2-3-8-14(13)19(16(15)20)12-6-4-5-11(17)9-12/h2-9H,18H2,1H3/b15-10+. The second-order valence-corrected chi connectivity index (χ2v) is 5.13. The lowest BCUT2D eigenvalue weighted by atomic mass is 10.1. The van der Waals surface area contributed by atoms with Gasteiger partial charge in [0.15, 0.2) is 0 Å². The van der Waals surface area contributed by atoms with E-state index >= 15 is 0 Å². The summed E-state index contributed by atoms with van der Waals surface area (Å²) < 4.78 is 0. The molecule has 1 heterocycles. The Labute approximate surface area is 122 Å². The van der Waals surface area contributed by atoms with E-state index in [0.717, 1.165) is 16.9 Å². The van der Waals surface area contributed by atoms with Gasteiger partial charge < -0.3 is 5.73 Å². The number of benzene rings is 2. The van der Waals surface area contributed by atoms with Gasteiger partial charge in [0, 0.05) is 16.3 Å². The Kier molecular flexibility index (Phi) is 2.99. The third-order valence-electron chi connectivity index (χ3n) is 3.29. The summed E-state index contributed by atoms with van der Waals surface area (Å²) in [4.78, 5) is 14.3. The number of anilines is 2. The maximum Gasteiger partial charge on any atom is 0.265 e. The Morgan fingerprint density at radius 3 is 2.60 bits per heavy atom. The van der Waals surface area contributed by atoms with Gasteiger partial charge >= 0.3 is 0 Å². The van der Waals surface area contributed by atoms with Crippen LogP contribution in [0.3, 0.4) is 0 Å². The van der Waals surface area contributed by atoms with E-state index in [2.05, 4.69) is 0 Å². The number of hydrogen-bond donors (Lipinski definition) is 1. The number of hydrogen-bond acceptors (Lipinski definition) is 2. The maximum absolute atomic E-state index is 12.7. The van der Waals surface area contributed by atoms with Crippen molar-refractivity contribution in [1.29, 1.82) is 0 Å². The predicted octanol–water partition coefficient (Wildman–Crippen LogP) is 3.71. The number of nitrogens with zero attached hydrogens (tertiary/aromatic N) is 1. The van der Waals surface area contributed by atoms with Crippen molar-refractivity contribution in [3.63, 3.8) is 0 Å². The molecule has 0 bridgehead atoms. The molecule has 0 unspecified atom stereocenters. The first-order valence-corrected chi connectivity index (χ1v) is 6.63. The monoisotopic (exact) mass is 284 g/mol. The van der Waals surface area contributed by atoms with Crippen molar-refractivity contribution in [2.75, 3.05) is 4.90 Å². The molecule has 0 radical (unpaired) electrons. The van der Waals surface area contributed by atoms with Gasteiger partial charge in [-0.05, 0) is 31.2 Å². The summed E-state index contributed by atoms with van der Waals surface area (Å²) in [6, 6.07) is 14.8. The number of allylic oxidation sites excluding steroid dienone is 1. The number of para-hydroxylation sites is 1. The third-order valence-corrected chi connectivity index (χ3v) is 3.53. The van der Waals surface area contributed by atoms with Crippen LogP contribution in [0.15, 0.2) is 54.2 Å². The summed E-state index contributed by atoms with van der Waals surface area (Å²) in [7, 11) is 0. The molecular formula is C16H13ClN2O. The van der Waals surface area contributed by atoms with Crippen LogP contribution in [0.4, 0.5) is 11.4 Å². The van der Waals surface area contributed by atoms with Crippen molar-refractivity contribution in [3.05, 3.63) is 64.8 Å². The van der Waals surface area contributed by atoms with Gasteiger partial charge in [0.25, 0.3) is 5.91 Å². The van der Waals surface area contributed by atoms with Crippen molar-refractivity contribution < 1.29 is 4.79 Å². The first-order chi connectivity index (χ1) is 9.59. The Morgan fingerprint density at radius 1 is 1.15 bits per heavy atom. The molecule has 3 rings (SSSR count). The van der Waals surface area contributed by atoms with Crippen LogP contribution in [0.2, 0.25) is 5.02 Å². The highest BCUT2D eigenvalue weighted by atomic mass is 35.5. The molecule has 100 valence electrons. The fourth-order valence-electron chi connectivity index (χ4n) is 2.47. The quantitative estimate of drug-likeness (QED) is 0.812. The van der Waals surface area contributed by atoms with E-state index in [1.807, 2.05) is 36.4 Å². The van der Waals surface area contributed by atoms with Gasteiger partial charge in [-0.25, -0.2) is 0 Å². The average Bonchev–Trinajstić information content (AvgIpc) is 2.70. The van der Waals surface area contributed by atoms with E-state index in [0.29, 0.717) is 16.3 Å². The molecule has 2 aromatic carbocycles. The summed E-state index contributed by atoms with van der Waals surface area (Å²) in [5.74, 6) is -0.117. The van der Waals surface area contributed by atoms with Crippen LogP contribution in [0.25, 0.3) is 5.57 Å². The molecule has 0 aromatic heterocycles. The van der Waals surface area contributed by atoms with E-state index in [-0.39, 0.29) is 5.91 Å². The molecule has 2 N–H and O–H groups in total. The number of rotatable bonds is 1. The number of carbonyl (C=O) groups is 1. The van der Waals surface area contributed by atoms with Crippen LogP contribution in [0.5, 0.6) is 0 Å². The highest BCUT2D eigenvalue weighted by molar-refractivity contribution is 6.36. The van der Waals surface area contributed by atoms with Gasteiger partial charge in [-0.15, -0.1) is 0 Å². The molecule has 0 fully saturated rings. The fourth-order valence-corrected chi connectivity index (χ4v) is 2.65. The Balaban J connectivity index is 2.24. The first-order valence-electron chi connectivity index (χ1n) is 6.25. The van der Waals surface area contributed by atoms with Crippen molar-refractivity contribution >= 4 is 34.5 Å². The minimum absolute atomic E-state index is 0.117. The van der Waals surface area contributed by atoms with Gasteiger partial charge in [-0.2, -0.15) is 0 Å². The second kappa shape index (κ2) is 4.69. The normalized spacial score (nSPS) is 16.3. The van der Waals surface area contributed by atoms with Crippen molar-refractivity contribution in [2.45, 2.75) is 6.92 Å². The molecule has 0 atom stereocenters. The van der Waals surface area contributed by atoms with E-state index in [9.17, 15) is 4.79 Å². The lowest BCUT2D eigenvalue weighted by molar-refractivity contribution is -0.112. The summed E-state index contributed by atoms with van der Waals surface area (Å²) in [6.07, 6.45) is 0. The van der Waals surface area contributed by atoms with Crippen LogP contribution < -0.4 is 10.6 Å². The predicted molar refractivity (Wildman–Crippen MR) is 81.8 cm³/mol. The zero-order valence-corrected chi connectivity index (χ0v) is 11.7. The SMILES string of the molecule is C/C(N)=C1\C(=O)N(c2cccc(Cl)c2)c2ccccc21. The molecule has 1 aliphatic heterocycles. The first kappa shape index (κ1) is 12.8. The molecule has 0 aliphatic carbocycles. The molecule has 0 spiro atoms.